The summed E-state index contributed by atoms with van der Waals surface area (Å²) in [5.41, 5.74) is -0.554. The molecule has 0 bridgehead atoms. The van der Waals surface area contributed by atoms with Gasteiger partial charge in [0.15, 0.2) is 0 Å². The zero-order valence-electron chi connectivity index (χ0n) is 19.4. The third kappa shape index (κ3) is 5.04. The Morgan fingerprint density at radius 2 is 1.89 bits per heavy atom. The Morgan fingerprint density at radius 3 is 2.51 bits per heavy atom. The fourth-order valence-corrected chi connectivity index (χ4v) is 4.15. The minimum absolute atomic E-state index is 0.0595. The second-order valence-electron chi connectivity index (χ2n) is 7.78. The highest BCUT2D eigenvalue weighted by Crippen LogP contribution is 2.39. The molecule has 4 rings (SSSR count). The highest BCUT2D eigenvalue weighted by molar-refractivity contribution is 6.31. The van der Waals surface area contributed by atoms with Gasteiger partial charge in [-0.05, 0) is 48.9 Å². The van der Waals surface area contributed by atoms with Gasteiger partial charge in [0.1, 0.15) is 18.2 Å². The first kappa shape index (κ1) is 26.2. The molecular formula is C23H19ClF3N3O7. The first-order valence-electron chi connectivity index (χ1n) is 10.7. The fraction of sp³-hybridized carbons (Fsp3) is 0.304. The highest BCUT2D eigenvalue weighted by Gasteiger charge is 2.55. The Bertz CT molecular complexity index is 1270. The Labute approximate surface area is 213 Å². The minimum Gasteiger partial charge on any atom is -0.464 e. The Morgan fingerprint density at radius 1 is 1.19 bits per heavy atom. The van der Waals surface area contributed by atoms with Crippen molar-refractivity contribution in [3.05, 3.63) is 58.6 Å². The minimum atomic E-state index is -4.92. The van der Waals surface area contributed by atoms with Gasteiger partial charge in [-0.25, -0.2) is 14.4 Å². The van der Waals surface area contributed by atoms with Gasteiger partial charge in [0.2, 0.25) is 5.60 Å². The summed E-state index contributed by atoms with van der Waals surface area (Å²) in [6.07, 6.45) is -6.01. The average molecular weight is 542 g/mol. The second kappa shape index (κ2) is 9.90. The van der Waals surface area contributed by atoms with Gasteiger partial charge in [-0.15, -0.1) is 13.2 Å². The van der Waals surface area contributed by atoms with Crippen LogP contribution in [0.1, 0.15) is 18.1 Å². The van der Waals surface area contributed by atoms with Crippen molar-refractivity contribution in [1.29, 1.82) is 0 Å². The van der Waals surface area contributed by atoms with Crippen LogP contribution in [0.15, 0.2) is 47.6 Å². The van der Waals surface area contributed by atoms with E-state index in [1.807, 2.05) is 0 Å². The van der Waals surface area contributed by atoms with Crippen LogP contribution < -0.4 is 9.64 Å². The summed E-state index contributed by atoms with van der Waals surface area (Å²) in [7, 11) is 1.02. The maximum absolute atomic E-state index is 13.4. The molecule has 1 heterocycles. The number of alkyl halides is 3. The highest BCUT2D eigenvalue weighted by atomic mass is 35.5. The number of halogens is 4. The molecule has 1 aliphatic heterocycles. The van der Waals surface area contributed by atoms with Crippen LogP contribution in [0.4, 0.5) is 28.4 Å². The molecule has 0 radical (unpaired) electrons. The standard InChI is InChI=1S/C23H19ClF3N3O7/c1-3-35-19(31)22-11-13-10-14(24)4-9-17(13)18(22)28-29(12-36-22)20(32)30(21(33)34-2)15-5-7-16(8-6-15)37-23(25,26)27/h4-10H,3,11-12H2,1-2H3/t22-/m0/s1. The summed E-state index contributed by atoms with van der Waals surface area (Å²) in [4.78, 5) is 39.4. The number of rotatable bonds is 4. The van der Waals surface area contributed by atoms with Crippen LogP contribution in [-0.4, -0.2) is 61.2 Å². The molecule has 0 fully saturated rings. The lowest BCUT2D eigenvalue weighted by atomic mass is 9.97. The summed E-state index contributed by atoms with van der Waals surface area (Å²) in [5, 5.41) is 5.53. The van der Waals surface area contributed by atoms with Crippen LogP contribution in [0, 0.1) is 0 Å². The Hall–Kier alpha value is -3.84. The SMILES string of the molecule is CCOC(=O)[C@]12Cc3cc(Cl)ccc3C1=NN(C(=O)N(C(=O)OC)c1ccc(OC(F)(F)F)cc1)CO2. The predicted octanol–water partition coefficient (Wildman–Crippen LogP) is 4.48. The maximum Gasteiger partial charge on any atom is 0.573 e. The summed E-state index contributed by atoms with van der Waals surface area (Å²) in [6, 6.07) is 7.75. The van der Waals surface area contributed by atoms with E-state index in [-0.39, 0.29) is 24.4 Å². The molecule has 3 amide bonds. The van der Waals surface area contributed by atoms with E-state index in [0.717, 1.165) is 36.4 Å². The van der Waals surface area contributed by atoms with E-state index in [4.69, 9.17) is 21.1 Å². The number of hydrogen-bond acceptors (Lipinski definition) is 8. The molecule has 1 aliphatic carbocycles. The zero-order chi connectivity index (χ0) is 27.0. The van der Waals surface area contributed by atoms with Gasteiger partial charge in [-0.2, -0.15) is 15.0 Å². The molecule has 2 aromatic carbocycles. The van der Waals surface area contributed by atoms with E-state index < -0.39 is 42.5 Å². The van der Waals surface area contributed by atoms with E-state index >= 15 is 0 Å². The number of hydrazone groups is 1. The van der Waals surface area contributed by atoms with Crippen molar-refractivity contribution in [2.75, 3.05) is 25.3 Å². The number of imide groups is 1. The Kier molecular flexibility index (Phi) is 7.02. The molecule has 0 unspecified atom stereocenters. The van der Waals surface area contributed by atoms with Gasteiger partial charge in [0.05, 0.1) is 19.4 Å². The average Bonchev–Trinajstić information content (AvgIpc) is 3.18. The number of hydrogen-bond donors (Lipinski definition) is 0. The van der Waals surface area contributed by atoms with Crippen molar-refractivity contribution in [1.82, 2.24) is 5.01 Å². The molecule has 196 valence electrons. The molecule has 14 heteroatoms. The molecule has 2 aliphatic rings. The van der Waals surface area contributed by atoms with Crippen LogP contribution in [0.2, 0.25) is 5.02 Å². The van der Waals surface area contributed by atoms with Crippen molar-refractivity contribution < 1.29 is 46.5 Å². The fourth-order valence-electron chi connectivity index (χ4n) is 3.95. The van der Waals surface area contributed by atoms with Gasteiger partial charge < -0.3 is 18.9 Å². The van der Waals surface area contributed by atoms with Gasteiger partial charge in [0, 0.05) is 17.0 Å². The number of amides is 3. The number of fused-ring (bicyclic) bond motifs is 3. The summed E-state index contributed by atoms with van der Waals surface area (Å²) in [5.74, 6) is -1.27. The molecule has 1 atom stereocenters. The van der Waals surface area contributed by atoms with Crippen LogP contribution in [0.25, 0.3) is 0 Å². The number of anilines is 1. The number of methoxy groups -OCH3 is 1. The third-order valence-electron chi connectivity index (χ3n) is 5.50. The lowest BCUT2D eigenvalue weighted by Gasteiger charge is -2.35. The molecule has 0 saturated carbocycles. The number of carbonyl (C=O) groups is 3. The number of ether oxygens (including phenoxy) is 4. The van der Waals surface area contributed by atoms with Crippen LogP contribution in [0.5, 0.6) is 5.75 Å². The topological polar surface area (TPSA) is 107 Å². The number of carbonyl (C=O) groups excluding carboxylic acids is 3. The Balaban J connectivity index is 1.70. The van der Waals surface area contributed by atoms with Gasteiger partial charge in [0.25, 0.3) is 0 Å². The van der Waals surface area contributed by atoms with E-state index in [0.29, 0.717) is 21.0 Å². The van der Waals surface area contributed by atoms with Gasteiger partial charge in [-0.1, -0.05) is 17.7 Å². The summed E-state index contributed by atoms with van der Waals surface area (Å²) in [6.45, 7) is 1.15. The molecule has 0 aromatic heterocycles. The number of benzene rings is 2. The lowest BCUT2D eigenvalue weighted by Crippen LogP contribution is -2.57. The maximum atomic E-state index is 13.4. The molecule has 0 saturated heterocycles. The van der Waals surface area contributed by atoms with E-state index in [1.54, 1.807) is 25.1 Å². The molecule has 2 aromatic rings. The van der Waals surface area contributed by atoms with Crippen molar-refractivity contribution >= 4 is 41.1 Å². The van der Waals surface area contributed by atoms with Crippen LogP contribution in [0.3, 0.4) is 0 Å². The van der Waals surface area contributed by atoms with Crippen molar-refractivity contribution in [2.45, 2.75) is 25.3 Å². The quantitative estimate of drug-likeness (QED) is 0.525. The largest absolute Gasteiger partial charge is 0.573 e. The predicted molar refractivity (Wildman–Crippen MR) is 122 cm³/mol. The summed E-state index contributed by atoms with van der Waals surface area (Å²) >= 11 is 6.10. The second-order valence-corrected chi connectivity index (χ2v) is 8.21. The van der Waals surface area contributed by atoms with Gasteiger partial charge in [-0.3, -0.25) is 0 Å². The molecule has 0 N–H and O–H groups in total. The van der Waals surface area contributed by atoms with Crippen LogP contribution in [-0.2, 0) is 25.4 Å². The number of urea groups is 1. The summed E-state index contributed by atoms with van der Waals surface area (Å²) < 4.78 is 57.0. The molecule has 37 heavy (non-hydrogen) atoms. The number of nitrogens with zero attached hydrogens (tertiary/aromatic N) is 3. The molecule has 0 spiro atoms. The molecule has 10 nitrogen and oxygen atoms in total. The smallest absolute Gasteiger partial charge is 0.464 e. The monoisotopic (exact) mass is 541 g/mol. The lowest BCUT2D eigenvalue weighted by molar-refractivity contribution is -0.274. The van der Waals surface area contributed by atoms with Crippen molar-refractivity contribution in [2.24, 2.45) is 5.10 Å². The van der Waals surface area contributed by atoms with E-state index in [2.05, 4.69) is 14.6 Å². The van der Waals surface area contributed by atoms with E-state index in [9.17, 15) is 27.6 Å². The van der Waals surface area contributed by atoms with E-state index in [1.165, 1.54) is 0 Å². The molecular weight excluding hydrogens is 523 g/mol. The number of esters is 1. The van der Waals surface area contributed by atoms with Crippen LogP contribution >= 0.6 is 11.6 Å². The van der Waals surface area contributed by atoms with Crippen molar-refractivity contribution in [3.63, 3.8) is 0 Å². The van der Waals surface area contributed by atoms with Gasteiger partial charge >= 0.3 is 24.5 Å². The zero-order valence-corrected chi connectivity index (χ0v) is 20.1. The van der Waals surface area contributed by atoms with Crippen molar-refractivity contribution in [3.8, 4) is 5.75 Å². The first-order chi connectivity index (χ1) is 17.5. The first-order valence-corrected chi connectivity index (χ1v) is 11.1. The normalized spacial score (nSPS) is 18.3. The third-order valence-corrected chi connectivity index (χ3v) is 5.74.